The summed E-state index contributed by atoms with van der Waals surface area (Å²) in [4.78, 5) is 9.85. The SMILES string of the molecule is CC(=O)[CH2][Na].NCCS(=O)(=O)O. The molecule has 0 heterocycles. The molecule has 0 aliphatic heterocycles. The molecule has 0 amide bonds. The van der Waals surface area contributed by atoms with Crippen LogP contribution >= 0.6 is 0 Å². The topological polar surface area (TPSA) is 97.5 Å². The van der Waals surface area contributed by atoms with E-state index in [2.05, 4.69) is 0 Å². The molecule has 0 aromatic rings. The Kier molecular flexibility index (Phi) is 10.2. The van der Waals surface area contributed by atoms with E-state index in [1.54, 1.807) is 6.92 Å². The maximum atomic E-state index is 9.85. The van der Waals surface area contributed by atoms with Crippen molar-refractivity contribution >= 4 is 43.8 Å². The molecule has 3 N–H and O–H groups in total. The first kappa shape index (κ1) is 15.0. The first-order valence-corrected chi connectivity index (χ1v) is 6.50. The van der Waals surface area contributed by atoms with Gasteiger partial charge in [0.2, 0.25) is 0 Å². The molecule has 0 aromatic heterocycles. The van der Waals surface area contributed by atoms with Crippen molar-refractivity contribution in [3.05, 3.63) is 0 Å². The van der Waals surface area contributed by atoms with Crippen LogP contribution in [0, 0.1) is 0 Å². The summed E-state index contributed by atoms with van der Waals surface area (Å²) in [5.41, 5.74) is 4.78. The molecule has 7 heteroatoms. The number of hydrogen-bond donors (Lipinski definition) is 2. The van der Waals surface area contributed by atoms with E-state index in [0.29, 0.717) is 5.78 Å². The van der Waals surface area contributed by atoms with Gasteiger partial charge in [-0.2, -0.15) is 8.42 Å². The number of Topliss-reactive ketones (excluding diaryl/α,β-unsaturated/α-hetero) is 1. The zero-order valence-electron chi connectivity index (χ0n) is 7.28. The van der Waals surface area contributed by atoms with Gasteiger partial charge in [0.1, 0.15) is 0 Å². The van der Waals surface area contributed by atoms with Crippen LogP contribution in [0.4, 0.5) is 0 Å². The van der Waals surface area contributed by atoms with E-state index < -0.39 is 10.1 Å². The van der Waals surface area contributed by atoms with Gasteiger partial charge < -0.3 is 5.73 Å². The molecule has 68 valence electrons. The molecule has 5 nitrogen and oxygen atoms in total. The van der Waals surface area contributed by atoms with Gasteiger partial charge in [-0.15, -0.1) is 0 Å². The fourth-order valence-corrected chi connectivity index (χ4v) is 0.447. The van der Waals surface area contributed by atoms with Crippen LogP contribution in [0.1, 0.15) is 6.92 Å². The first-order chi connectivity index (χ1) is 5.33. The third-order valence-corrected chi connectivity index (χ3v) is 2.62. The summed E-state index contributed by atoms with van der Waals surface area (Å²) in [6, 6.07) is 0. The number of rotatable bonds is 3. The van der Waals surface area contributed by atoms with Crippen molar-refractivity contribution in [2.24, 2.45) is 5.73 Å². The number of nitrogens with two attached hydrogens (primary N) is 1. The Morgan fingerprint density at radius 3 is 1.92 bits per heavy atom. The van der Waals surface area contributed by atoms with Crippen molar-refractivity contribution < 1.29 is 17.8 Å². The molecule has 0 atom stereocenters. The van der Waals surface area contributed by atoms with E-state index in [1.165, 1.54) is 0 Å². The summed E-state index contributed by atoms with van der Waals surface area (Å²) in [5, 5.41) is 0. The molecule has 0 aromatic carbocycles. The van der Waals surface area contributed by atoms with Crippen LogP contribution in [0.25, 0.3) is 0 Å². The molecule has 0 fully saturated rings. The number of carbonyl (C=O) groups is 1. The number of ketones is 1. The Hall–Kier alpha value is 0.540. The zero-order chi connectivity index (χ0) is 10.2. The molecule has 0 radical (unpaired) electrons. The van der Waals surface area contributed by atoms with Crippen LogP contribution in [0.5, 0.6) is 0 Å². The van der Waals surface area contributed by atoms with Gasteiger partial charge in [-0.1, -0.05) is 0 Å². The zero-order valence-corrected chi connectivity index (χ0v) is 10.1. The van der Waals surface area contributed by atoms with Crippen LogP contribution in [-0.4, -0.2) is 59.0 Å². The summed E-state index contributed by atoms with van der Waals surface area (Å²) in [6.07, 6.45) is 0. The minimum Gasteiger partial charge on any atom is -0.329 e. The van der Waals surface area contributed by atoms with Gasteiger partial charge in [0.05, 0.1) is 5.75 Å². The molecule has 0 aliphatic rings. The average molecular weight is 205 g/mol. The quantitative estimate of drug-likeness (QED) is 0.454. The molecule has 0 aliphatic carbocycles. The fourth-order valence-electron chi connectivity index (χ4n) is 0.149. The van der Waals surface area contributed by atoms with Crippen LogP contribution in [-0.2, 0) is 14.9 Å². The predicted molar refractivity (Wildman–Crippen MR) is 46.7 cm³/mol. The Morgan fingerprint density at radius 1 is 1.58 bits per heavy atom. The molecular formula is C5H12NNaO4S. The largest absolute Gasteiger partial charge is 0.329 e. The van der Waals surface area contributed by atoms with Crippen molar-refractivity contribution in [3.8, 4) is 0 Å². The van der Waals surface area contributed by atoms with E-state index in [-0.39, 0.29) is 12.3 Å². The minimum absolute atomic E-state index is 0.0289. The summed E-state index contributed by atoms with van der Waals surface area (Å²) >= 11 is 1.02. The maximum absolute atomic E-state index is 9.85. The second-order valence-electron chi connectivity index (χ2n) is 2.13. The van der Waals surface area contributed by atoms with E-state index in [0.717, 1.165) is 31.6 Å². The third-order valence-electron chi connectivity index (χ3n) is 0.874. The Bertz CT molecular complexity index is 213. The van der Waals surface area contributed by atoms with Gasteiger partial charge in [-0.3, -0.25) is 4.55 Å². The van der Waals surface area contributed by atoms with Crippen LogP contribution < -0.4 is 5.73 Å². The molecule has 0 bridgehead atoms. The molecule has 0 saturated carbocycles. The minimum atomic E-state index is -3.80. The summed E-state index contributed by atoms with van der Waals surface area (Å²) < 4.78 is 28.1. The maximum Gasteiger partial charge on any atom is 0.266 e. The molecule has 0 spiro atoms. The second-order valence-corrected chi connectivity index (χ2v) is 4.41. The summed E-state index contributed by atoms with van der Waals surface area (Å²) in [5.74, 6) is -0.0378. The average Bonchev–Trinajstić information content (AvgIpc) is 1.86. The van der Waals surface area contributed by atoms with E-state index in [1.807, 2.05) is 0 Å². The predicted octanol–water partition coefficient (Wildman–Crippen LogP) is -1.00. The van der Waals surface area contributed by atoms with Gasteiger partial charge in [0.25, 0.3) is 10.1 Å². The molecular weight excluding hydrogens is 193 g/mol. The van der Waals surface area contributed by atoms with Crippen LogP contribution in [0.3, 0.4) is 0 Å². The Labute approximate surface area is 89.9 Å². The molecule has 12 heavy (non-hydrogen) atoms. The van der Waals surface area contributed by atoms with Crippen LogP contribution in [0.2, 0.25) is 3.67 Å². The Morgan fingerprint density at radius 2 is 1.92 bits per heavy atom. The monoisotopic (exact) mass is 205 g/mol. The van der Waals surface area contributed by atoms with Gasteiger partial charge in [0, 0.05) is 6.54 Å². The Balaban J connectivity index is 0. The van der Waals surface area contributed by atoms with Crippen LogP contribution in [0.15, 0.2) is 0 Å². The van der Waals surface area contributed by atoms with Gasteiger partial charge in [-0.25, -0.2) is 0 Å². The van der Waals surface area contributed by atoms with E-state index >= 15 is 0 Å². The summed E-state index contributed by atoms with van der Waals surface area (Å²) in [7, 11) is -3.80. The van der Waals surface area contributed by atoms with E-state index in [9.17, 15) is 13.2 Å². The van der Waals surface area contributed by atoms with Crippen molar-refractivity contribution in [1.82, 2.24) is 0 Å². The molecule has 0 saturated heterocycles. The van der Waals surface area contributed by atoms with Crippen molar-refractivity contribution in [3.63, 3.8) is 0 Å². The van der Waals surface area contributed by atoms with Crippen molar-refractivity contribution in [2.75, 3.05) is 12.3 Å². The van der Waals surface area contributed by atoms with Gasteiger partial charge in [-0.05, 0) is 0 Å². The molecule has 0 unspecified atom stereocenters. The second kappa shape index (κ2) is 8.15. The fraction of sp³-hybridized carbons (Fsp3) is 0.800. The smallest absolute Gasteiger partial charge is 0.266 e. The van der Waals surface area contributed by atoms with Gasteiger partial charge in [0.15, 0.2) is 0 Å². The van der Waals surface area contributed by atoms with Crippen molar-refractivity contribution in [1.29, 1.82) is 0 Å². The number of hydrogen-bond acceptors (Lipinski definition) is 4. The first-order valence-electron chi connectivity index (χ1n) is 3.48. The number of carbonyl (C=O) groups excluding carboxylic acids is 1. The normalized spacial score (nSPS) is 10.1. The van der Waals surface area contributed by atoms with E-state index in [4.69, 9.17) is 10.3 Å². The summed E-state index contributed by atoms with van der Waals surface area (Å²) in [6.45, 7) is 1.59. The van der Waals surface area contributed by atoms with Crippen molar-refractivity contribution in [2.45, 2.75) is 10.6 Å². The third kappa shape index (κ3) is 22.4. The van der Waals surface area contributed by atoms with Gasteiger partial charge >= 0.3 is 49.1 Å². The molecule has 0 rings (SSSR count). The standard InChI is InChI=1S/C3H5O.C2H7NO3S.Na/c1-3(2)4;3-1-2-7(4,5)6;/h1H2,2H3;1-3H2,(H,4,5,6);.